The van der Waals surface area contributed by atoms with Gasteiger partial charge in [0, 0.05) is 12.3 Å². The van der Waals surface area contributed by atoms with E-state index in [4.69, 9.17) is 4.74 Å². The van der Waals surface area contributed by atoms with Gasteiger partial charge in [-0.1, -0.05) is 37.2 Å². The number of ether oxygens (including phenoxy) is 1. The van der Waals surface area contributed by atoms with E-state index in [1.807, 2.05) is 12.1 Å². The summed E-state index contributed by atoms with van der Waals surface area (Å²) in [5.74, 6) is 0.726. The Kier molecular flexibility index (Phi) is 5.68. The Morgan fingerprint density at radius 2 is 2.12 bits per heavy atom. The number of carbonyl (C=O) groups is 1. The van der Waals surface area contributed by atoms with Crippen molar-refractivity contribution in [1.29, 1.82) is 0 Å². The van der Waals surface area contributed by atoms with Gasteiger partial charge < -0.3 is 9.64 Å². The van der Waals surface area contributed by atoms with E-state index in [0.29, 0.717) is 19.7 Å². The summed E-state index contributed by atoms with van der Waals surface area (Å²) in [5.41, 5.74) is 2.28. The second kappa shape index (κ2) is 8.14. The normalized spacial score (nSPS) is 14.2. The van der Waals surface area contributed by atoms with Gasteiger partial charge in [0.1, 0.15) is 6.61 Å². The zero-order chi connectivity index (χ0) is 16.8. The van der Waals surface area contributed by atoms with Crippen LogP contribution in [0.3, 0.4) is 0 Å². The van der Waals surface area contributed by atoms with Crippen molar-refractivity contribution in [2.24, 2.45) is 0 Å². The van der Waals surface area contributed by atoms with E-state index in [1.165, 1.54) is 30.2 Å². The van der Waals surface area contributed by atoms with Crippen LogP contribution < -0.4 is 0 Å². The summed E-state index contributed by atoms with van der Waals surface area (Å²) in [7, 11) is 0. The molecule has 1 saturated heterocycles. The fourth-order valence-electron chi connectivity index (χ4n) is 2.49. The van der Waals surface area contributed by atoms with E-state index in [9.17, 15) is 4.79 Å². The number of thioether (sulfide) groups is 1. The maximum atomic E-state index is 11.4. The molecule has 1 amide bonds. The number of aryl methyl sites for hydroxylation is 1. The molecule has 0 saturated carbocycles. The summed E-state index contributed by atoms with van der Waals surface area (Å²) in [6.45, 7) is 3.96. The molecule has 128 valence electrons. The number of aromatic nitrogens is 4. The lowest BCUT2D eigenvalue weighted by Crippen LogP contribution is -2.26. The van der Waals surface area contributed by atoms with Gasteiger partial charge in [0.05, 0.1) is 12.2 Å². The van der Waals surface area contributed by atoms with Gasteiger partial charge in [-0.15, -0.1) is 5.10 Å². The molecule has 2 aromatic rings. The van der Waals surface area contributed by atoms with Crippen LogP contribution in [0.2, 0.25) is 0 Å². The number of benzene rings is 1. The lowest BCUT2D eigenvalue weighted by Gasteiger charge is -2.11. The van der Waals surface area contributed by atoms with Crippen molar-refractivity contribution in [3.05, 3.63) is 29.8 Å². The van der Waals surface area contributed by atoms with E-state index >= 15 is 0 Å². The van der Waals surface area contributed by atoms with Crippen molar-refractivity contribution < 1.29 is 9.53 Å². The van der Waals surface area contributed by atoms with Gasteiger partial charge in [-0.25, -0.2) is 4.79 Å². The predicted octanol–water partition coefficient (Wildman–Crippen LogP) is 2.55. The van der Waals surface area contributed by atoms with Gasteiger partial charge in [0.25, 0.3) is 0 Å². The largest absolute Gasteiger partial charge is 0.448 e. The third-order valence-corrected chi connectivity index (χ3v) is 4.78. The average molecular weight is 347 g/mol. The molecule has 1 aromatic carbocycles. The fourth-order valence-corrected chi connectivity index (χ4v) is 3.34. The Morgan fingerprint density at radius 1 is 1.29 bits per heavy atom. The first kappa shape index (κ1) is 16.8. The standard InChI is InChI=1S/C16H21N5O2S/c1-2-3-4-13-5-7-14(8-6-13)21-15(17-18-19-21)24-12-10-20-9-11-23-16(20)22/h5-8H,2-4,9-12H2,1H3. The number of rotatable bonds is 8. The Hall–Kier alpha value is -2.09. The minimum absolute atomic E-state index is 0.238. The van der Waals surface area contributed by atoms with Crippen LogP contribution in [0.15, 0.2) is 29.4 Å². The van der Waals surface area contributed by atoms with Gasteiger partial charge in [-0.05, 0) is 41.0 Å². The van der Waals surface area contributed by atoms with Crippen molar-refractivity contribution in [3.8, 4) is 5.69 Å². The minimum Gasteiger partial charge on any atom is -0.448 e. The highest BCUT2D eigenvalue weighted by atomic mass is 32.2. The van der Waals surface area contributed by atoms with Crippen LogP contribution in [-0.4, -0.2) is 56.6 Å². The highest BCUT2D eigenvalue weighted by Crippen LogP contribution is 2.19. The van der Waals surface area contributed by atoms with Gasteiger partial charge in [-0.3, -0.25) is 0 Å². The second-order valence-electron chi connectivity index (χ2n) is 5.59. The van der Waals surface area contributed by atoms with E-state index in [2.05, 4.69) is 34.6 Å². The zero-order valence-electron chi connectivity index (χ0n) is 13.7. The van der Waals surface area contributed by atoms with Crippen molar-refractivity contribution in [3.63, 3.8) is 0 Å². The quantitative estimate of drug-likeness (QED) is 0.683. The van der Waals surface area contributed by atoms with Crippen molar-refractivity contribution in [2.75, 3.05) is 25.4 Å². The van der Waals surface area contributed by atoms with E-state index < -0.39 is 0 Å². The van der Waals surface area contributed by atoms with Crippen LogP contribution in [-0.2, 0) is 11.2 Å². The van der Waals surface area contributed by atoms with Crippen LogP contribution in [0.4, 0.5) is 4.79 Å². The van der Waals surface area contributed by atoms with E-state index in [-0.39, 0.29) is 6.09 Å². The van der Waals surface area contributed by atoms with Crippen LogP contribution >= 0.6 is 11.8 Å². The van der Waals surface area contributed by atoms with Crippen LogP contribution in [0.1, 0.15) is 25.3 Å². The molecular weight excluding hydrogens is 326 g/mol. The molecule has 0 unspecified atom stereocenters. The molecule has 0 bridgehead atoms. The molecule has 0 spiro atoms. The molecule has 0 N–H and O–H groups in total. The Labute approximate surface area is 145 Å². The summed E-state index contributed by atoms with van der Waals surface area (Å²) >= 11 is 1.53. The summed E-state index contributed by atoms with van der Waals surface area (Å²) in [5, 5.41) is 12.6. The molecule has 24 heavy (non-hydrogen) atoms. The number of carbonyl (C=O) groups excluding carboxylic acids is 1. The van der Waals surface area contributed by atoms with Crippen molar-refractivity contribution >= 4 is 17.9 Å². The lowest BCUT2D eigenvalue weighted by molar-refractivity contribution is 0.160. The number of amides is 1. The van der Waals surface area contributed by atoms with Gasteiger partial charge in [0.2, 0.25) is 5.16 Å². The van der Waals surface area contributed by atoms with Crippen molar-refractivity contribution in [1.82, 2.24) is 25.1 Å². The topological polar surface area (TPSA) is 73.1 Å². The molecule has 0 aliphatic carbocycles. The van der Waals surface area contributed by atoms with Crippen LogP contribution in [0.25, 0.3) is 5.69 Å². The van der Waals surface area contributed by atoms with Gasteiger partial charge >= 0.3 is 6.09 Å². The first-order chi connectivity index (χ1) is 11.8. The van der Waals surface area contributed by atoms with E-state index in [0.717, 1.165) is 23.0 Å². The third kappa shape index (κ3) is 4.05. The molecule has 1 fully saturated rings. The first-order valence-electron chi connectivity index (χ1n) is 8.20. The molecule has 1 aliphatic heterocycles. The SMILES string of the molecule is CCCCc1ccc(-n2nnnc2SCCN2CCOC2=O)cc1. The van der Waals surface area contributed by atoms with Crippen molar-refractivity contribution in [2.45, 2.75) is 31.3 Å². The third-order valence-electron chi connectivity index (χ3n) is 3.88. The highest BCUT2D eigenvalue weighted by molar-refractivity contribution is 7.99. The number of cyclic esters (lactones) is 1. The number of nitrogens with zero attached hydrogens (tertiary/aromatic N) is 5. The maximum absolute atomic E-state index is 11.4. The molecule has 0 radical (unpaired) electrons. The second-order valence-corrected chi connectivity index (χ2v) is 6.66. The average Bonchev–Trinajstić information content (AvgIpc) is 3.23. The number of hydrogen-bond acceptors (Lipinski definition) is 6. The Morgan fingerprint density at radius 3 is 2.83 bits per heavy atom. The van der Waals surface area contributed by atoms with Crippen LogP contribution in [0, 0.1) is 0 Å². The van der Waals surface area contributed by atoms with Crippen LogP contribution in [0.5, 0.6) is 0 Å². The minimum atomic E-state index is -0.238. The van der Waals surface area contributed by atoms with E-state index in [1.54, 1.807) is 9.58 Å². The Balaban J connectivity index is 1.59. The lowest BCUT2D eigenvalue weighted by atomic mass is 10.1. The molecule has 1 aliphatic rings. The predicted molar refractivity (Wildman–Crippen MR) is 91.4 cm³/mol. The summed E-state index contributed by atoms with van der Waals surface area (Å²) < 4.78 is 6.65. The summed E-state index contributed by atoms with van der Waals surface area (Å²) in [4.78, 5) is 13.1. The monoisotopic (exact) mass is 347 g/mol. The van der Waals surface area contributed by atoms with Gasteiger partial charge in [0.15, 0.2) is 0 Å². The molecule has 3 rings (SSSR count). The zero-order valence-corrected chi connectivity index (χ0v) is 14.5. The number of tetrazole rings is 1. The fraction of sp³-hybridized carbons (Fsp3) is 0.500. The smallest absolute Gasteiger partial charge is 0.409 e. The summed E-state index contributed by atoms with van der Waals surface area (Å²) in [6, 6.07) is 8.34. The van der Waals surface area contributed by atoms with Gasteiger partial charge in [-0.2, -0.15) is 4.68 Å². The number of unbranched alkanes of at least 4 members (excludes halogenated alkanes) is 1. The molecule has 0 atom stereocenters. The molecule has 7 nitrogen and oxygen atoms in total. The summed E-state index contributed by atoms with van der Waals surface area (Å²) in [6.07, 6.45) is 3.25. The molecule has 1 aromatic heterocycles. The number of hydrogen-bond donors (Lipinski definition) is 0. The maximum Gasteiger partial charge on any atom is 0.409 e. The molecular formula is C16H21N5O2S. The Bertz CT molecular complexity index is 673. The highest BCUT2D eigenvalue weighted by Gasteiger charge is 2.21. The molecule has 8 heteroatoms. The molecule has 2 heterocycles. The first-order valence-corrected chi connectivity index (χ1v) is 9.18.